The van der Waals surface area contributed by atoms with Gasteiger partial charge in [0.05, 0.1) is 31.8 Å². The molecule has 1 aromatic carbocycles. The number of aliphatic hydroxyl groups excluding tert-OH is 5. The summed E-state index contributed by atoms with van der Waals surface area (Å²) in [6, 6.07) is 0.673. The van der Waals surface area contributed by atoms with Gasteiger partial charge in [-0.1, -0.05) is 6.08 Å². The van der Waals surface area contributed by atoms with Crippen molar-refractivity contribution in [2.24, 2.45) is 5.41 Å². The number of alkyl halides is 6. The summed E-state index contributed by atoms with van der Waals surface area (Å²) in [6.07, 6.45) is -12.8. The number of aliphatic hydroxyl groups is 5. The smallest absolute Gasteiger partial charge is 0.410 e. The van der Waals surface area contributed by atoms with Crippen molar-refractivity contribution in [3.63, 3.8) is 0 Å². The maximum absolute atomic E-state index is 14.4. The Bertz CT molecular complexity index is 894. The fraction of sp³-hybridized carbons (Fsp3) is 0.500. The Kier molecular flexibility index (Phi) is 6.96. The van der Waals surface area contributed by atoms with E-state index < -0.39 is 95.4 Å². The molecule has 0 fully saturated rings. The summed E-state index contributed by atoms with van der Waals surface area (Å²) in [5.74, 6) is -1.61. The Balaban J connectivity index is 3.06. The zero-order chi connectivity index (χ0) is 24.7. The molecular formula is C20H22F6O6. The van der Waals surface area contributed by atoms with Crippen LogP contribution in [-0.2, 0) is 18.6 Å². The molecule has 0 radical (unpaired) electrons. The third kappa shape index (κ3) is 3.85. The highest BCUT2D eigenvalue weighted by molar-refractivity contribution is 5.53. The molecule has 180 valence electrons. The second-order valence-corrected chi connectivity index (χ2v) is 7.80. The van der Waals surface area contributed by atoms with Gasteiger partial charge in [0.1, 0.15) is 11.5 Å². The Morgan fingerprint density at radius 3 is 1.66 bits per heavy atom. The highest BCUT2D eigenvalue weighted by Gasteiger charge is 2.74. The van der Waals surface area contributed by atoms with E-state index in [2.05, 4.69) is 0 Å². The van der Waals surface area contributed by atoms with E-state index in [9.17, 15) is 57.0 Å². The average molecular weight is 472 g/mol. The molecule has 0 bridgehead atoms. The number of aromatic hydroxyl groups is 1. The molecule has 2 rings (SSSR count). The van der Waals surface area contributed by atoms with Gasteiger partial charge in [0, 0.05) is 16.7 Å². The lowest BCUT2D eigenvalue weighted by Gasteiger charge is -2.44. The van der Waals surface area contributed by atoms with Crippen molar-refractivity contribution in [1.82, 2.24) is 0 Å². The van der Waals surface area contributed by atoms with Gasteiger partial charge < -0.3 is 30.6 Å². The molecule has 1 aliphatic rings. The SMILES string of the molecule is CC1(CO)CC(C(c2cc(CO)c(O)c(CO)c2)(C(F)(F)F)C(F)(F)F)=CC(CO)=C1O. The minimum atomic E-state index is -6.03. The van der Waals surface area contributed by atoms with E-state index in [1.54, 1.807) is 0 Å². The number of halogens is 6. The van der Waals surface area contributed by atoms with Gasteiger partial charge in [0.2, 0.25) is 5.41 Å². The van der Waals surface area contributed by atoms with Gasteiger partial charge in [-0.3, -0.25) is 0 Å². The van der Waals surface area contributed by atoms with E-state index in [-0.39, 0.29) is 0 Å². The minimum Gasteiger partial charge on any atom is -0.511 e. The number of hydrogen-bond acceptors (Lipinski definition) is 6. The Labute approximate surface area is 178 Å². The summed E-state index contributed by atoms with van der Waals surface area (Å²) >= 11 is 0. The molecule has 1 atom stereocenters. The van der Waals surface area contributed by atoms with Crippen molar-refractivity contribution in [2.75, 3.05) is 13.2 Å². The van der Waals surface area contributed by atoms with Crippen LogP contribution in [0.25, 0.3) is 0 Å². The van der Waals surface area contributed by atoms with Crippen LogP contribution in [0.3, 0.4) is 0 Å². The van der Waals surface area contributed by atoms with Crippen molar-refractivity contribution < 1.29 is 57.0 Å². The largest absolute Gasteiger partial charge is 0.511 e. The van der Waals surface area contributed by atoms with Gasteiger partial charge >= 0.3 is 12.4 Å². The van der Waals surface area contributed by atoms with Crippen molar-refractivity contribution in [1.29, 1.82) is 0 Å². The molecule has 0 aromatic heterocycles. The normalized spacial score (nSPS) is 20.5. The first-order valence-electron chi connectivity index (χ1n) is 9.20. The highest BCUT2D eigenvalue weighted by atomic mass is 19.4. The molecule has 0 spiro atoms. The monoisotopic (exact) mass is 472 g/mol. The number of phenols is 1. The summed E-state index contributed by atoms with van der Waals surface area (Å²) < 4.78 is 86.7. The highest BCUT2D eigenvalue weighted by Crippen LogP contribution is 2.60. The van der Waals surface area contributed by atoms with Crippen LogP contribution in [0.4, 0.5) is 26.3 Å². The minimum absolute atomic E-state index is 0.337. The maximum atomic E-state index is 14.4. The summed E-state index contributed by atoms with van der Waals surface area (Å²) in [7, 11) is 0. The van der Waals surface area contributed by atoms with E-state index in [1.807, 2.05) is 0 Å². The molecule has 6 N–H and O–H groups in total. The topological polar surface area (TPSA) is 121 Å². The molecule has 1 unspecified atom stereocenters. The number of hydrogen-bond donors (Lipinski definition) is 6. The van der Waals surface area contributed by atoms with E-state index in [0.717, 1.165) is 6.92 Å². The third-order valence-corrected chi connectivity index (χ3v) is 5.70. The first-order valence-corrected chi connectivity index (χ1v) is 9.20. The zero-order valence-electron chi connectivity index (χ0n) is 16.7. The lowest BCUT2D eigenvalue weighted by molar-refractivity contribution is -0.291. The van der Waals surface area contributed by atoms with Gasteiger partial charge in [0.25, 0.3) is 0 Å². The van der Waals surface area contributed by atoms with Crippen molar-refractivity contribution in [3.8, 4) is 5.75 Å². The van der Waals surface area contributed by atoms with E-state index >= 15 is 0 Å². The van der Waals surface area contributed by atoms with Crippen LogP contribution in [0, 0.1) is 5.41 Å². The molecule has 0 aliphatic heterocycles. The molecule has 0 heterocycles. The molecule has 0 amide bonds. The average Bonchev–Trinajstić information content (AvgIpc) is 2.69. The van der Waals surface area contributed by atoms with Crippen LogP contribution in [-0.4, -0.2) is 56.2 Å². The van der Waals surface area contributed by atoms with Gasteiger partial charge in [-0.25, -0.2) is 0 Å². The van der Waals surface area contributed by atoms with Crippen molar-refractivity contribution >= 4 is 0 Å². The second-order valence-electron chi connectivity index (χ2n) is 7.80. The van der Waals surface area contributed by atoms with Gasteiger partial charge in [-0.05, 0) is 36.6 Å². The van der Waals surface area contributed by atoms with E-state index in [0.29, 0.717) is 18.2 Å². The third-order valence-electron chi connectivity index (χ3n) is 5.70. The zero-order valence-corrected chi connectivity index (χ0v) is 16.7. The Morgan fingerprint density at radius 2 is 1.31 bits per heavy atom. The number of rotatable bonds is 6. The van der Waals surface area contributed by atoms with Gasteiger partial charge in [-0.2, -0.15) is 26.3 Å². The summed E-state index contributed by atoms with van der Waals surface area (Å²) in [5, 5.41) is 57.9. The quantitative estimate of drug-likeness (QED) is 0.354. The predicted molar refractivity (Wildman–Crippen MR) is 98.4 cm³/mol. The fourth-order valence-electron chi connectivity index (χ4n) is 3.97. The molecular weight excluding hydrogens is 450 g/mol. The molecule has 1 aromatic rings. The van der Waals surface area contributed by atoms with Crippen LogP contribution < -0.4 is 0 Å². The molecule has 1 aliphatic carbocycles. The number of benzene rings is 1. The molecule has 0 saturated heterocycles. The van der Waals surface area contributed by atoms with Gasteiger partial charge in [0.15, 0.2) is 0 Å². The summed E-state index contributed by atoms with van der Waals surface area (Å²) in [6.45, 7) is -3.32. The second kappa shape index (κ2) is 8.58. The van der Waals surface area contributed by atoms with Crippen LogP contribution in [0.5, 0.6) is 5.75 Å². The summed E-state index contributed by atoms with van der Waals surface area (Å²) in [5.41, 5.74) is -11.4. The van der Waals surface area contributed by atoms with Gasteiger partial charge in [-0.15, -0.1) is 0 Å². The standard InChI is InChI=1S/C20H22F6O6/c1-17(9-30)5-14(4-12(8-29)16(17)32)18(19(21,22)23,20(24,25)26)13-2-10(6-27)15(31)11(3-13)7-28/h2-4,27-32H,5-9H2,1H3. The lowest BCUT2D eigenvalue weighted by Crippen LogP contribution is -2.56. The molecule has 0 saturated carbocycles. The molecule has 6 nitrogen and oxygen atoms in total. The van der Waals surface area contributed by atoms with Crippen molar-refractivity contribution in [3.05, 3.63) is 51.8 Å². The van der Waals surface area contributed by atoms with Crippen LogP contribution in [0.2, 0.25) is 0 Å². The first-order chi connectivity index (χ1) is 14.6. The molecule has 12 heteroatoms. The lowest BCUT2D eigenvalue weighted by atomic mass is 9.63. The van der Waals surface area contributed by atoms with Crippen LogP contribution >= 0.6 is 0 Å². The summed E-state index contributed by atoms with van der Waals surface area (Å²) in [4.78, 5) is 0. The fourth-order valence-corrected chi connectivity index (χ4v) is 3.97. The molecule has 32 heavy (non-hydrogen) atoms. The first kappa shape index (κ1) is 26.0. The Morgan fingerprint density at radius 1 is 0.844 bits per heavy atom. The Hall–Kier alpha value is -2.28. The number of allylic oxidation sites excluding steroid dienone is 1. The maximum Gasteiger partial charge on any atom is 0.410 e. The van der Waals surface area contributed by atoms with Crippen molar-refractivity contribution in [2.45, 2.75) is 44.3 Å². The van der Waals surface area contributed by atoms with Crippen LogP contribution in [0.1, 0.15) is 30.0 Å². The predicted octanol–water partition coefficient (Wildman–Crippen LogP) is 2.87. The van der Waals surface area contributed by atoms with E-state index in [1.165, 1.54) is 0 Å². The van der Waals surface area contributed by atoms with Crippen LogP contribution in [0.15, 0.2) is 35.1 Å². The van der Waals surface area contributed by atoms with E-state index in [4.69, 9.17) is 0 Å².